The first kappa shape index (κ1) is 15.8. The minimum absolute atomic E-state index is 0.199. The van der Waals surface area contributed by atoms with Gasteiger partial charge in [-0.3, -0.25) is 10.1 Å². The predicted octanol–water partition coefficient (Wildman–Crippen LogP) is 2.85. The van der Waals surface area contributed by atoms with Gasteiger partial charge in [-0.2, -0.15) is 0 Å². The number of nitrogens with zero attached hydrogens (tertiary/aromatic N) is 3. The smallest absolute Gasteiger partial charge is 0.237 e. The third kappa shape index (κ3) is 3.99. The first-order valence-corrected chi connectivity index (χ1v) is 8.36. The molecule has 0 spiro atoms. The van der Waals surface area contributed by atoms with Gasteiger partial charge in [-0.1, -0.05) is 11.8 Å². The quantitative estimate of drug-likeness (QED) is 0.647. The standard InChI is InChI=1S/C14H12BrN5O2S/c1-22-9-2-3-10-11(4-9)19-14(18-10)23-7-12(21)20-13-16-5-8(15)6-17-13/h2-6H,7H2,1H3,(H,18,19)(H,16,17,20,21). The molecule has 0 fully saturated rings. The van der Waals surface area contributed by atoms with Gasteiger partial charge in [-0.05, 0) is 28.1 Å². The van der Waals surface area contributed by atoms with E-state index < -0.39 is 0 Å². The summed E-state index contributed by atoms with van der Waals surface area (Å²) >= 11 is 4.54. The number of anilines is 1. The number of carbonyl (C=O) groups excluding carboxylic acids is 1. The van der Waals surface area contributed by atoms with Gasteiger partial charge in [0.15, 0.2) is 5.16 Å². The molecule has 0 aliphatic rings. The summed E-state index contributed by atoms with van der Waals surface area (Å²) in [5.74, 6) is 1.03. The van der Waals surface area contributed by atoms with E-state index in [-0.39, 0.29) is 17.6 Å². The van der Waals surface area contributed by atoms with E-state index in [1.165, 1.54) is 11.8 Å². The Labute approximate surface area is 144 Å². The molecule has 0 aliphatic carbocycles. The second kappa shape index (κ2) is 6.97. The summed E-state index contributed by atoms with van der Waals surface area (Å²) in [6, 6.07) is 5.57. The van der Waals surface area contributed by atoms with Crippen LogP contribution in [0.1, 0.15) is 0 Å². The Kier molecular flexibility index (Phi) is 4.77. The van der Waals surface area contributed by atoms with E-state index in [4.69, 9.17) is 4.74 Å². The predicted molar refractivity (Wildman–Crippen MR) is 91.7 cm³/mol. The highest BCUT2D eigenvalue weighted by Crippen LogP contribution is 2.23. The van der Waals surface area contributed by atoms with Crippen LogP contribution in [0, 0.1) is 0 Å². The number of H-pyrrole nitrogens is 1. The van der Waals surface area contributed by atoms with E-state index in [9.17, 15) is 4.79 Å². The number of carbonyl (C=O) groups is 1. The zero-order chi connectivity index (χ0) is 16.2. The van der Waals surface area contributed by atoms with Gasteiger partial charge < -0.3 is 9.72 Å². The normalized spacial score (nSPS) is 10.7. The number of imidazole rings is 1. The van der Waals surface area contributed by atoms with Crippen molar-refractivity contribution < 1.29 is 9.53 Å². The lowest BCUT2D eigenvalue weighted by Crippen LogP contribution is -2.16. The molecule has 0 unspecified atom stereocenters. The Morgan fingerprint density at radius 2 is 2.17 bits per heavy atom. The van der Waals surface area contributed by atoms with Crippen LogP contribution >= 0.6 is 27.7 Å². The molecule has 2 N–H and O–H groups in total. The first-order valence-electron chi connectivity index (χ1n) is 6.58. The van der Waals surface area contributed by atoms with Crippen LogP contribution in [0.25, 0.3) is 11.0 Å². The molecular formula is C14H12BrN5O2S. The molecule has 0 saturated carbocycles. The highest BCUT2D eigenvalue weighted by atomic mass is 79.9. The Bertz CT molecular complexity index is 837. The van der Waals surface area contributed by atoms with Crippen LogP contribution in [0.2, 0.25) is 0 Å². The maximum absolute atomic E-state index is 11.9. The lowest BCUT2D eigenvalue weighted by Gasteiger charge is -2.01. The molecule has 23 heavy (non-hydrogen) atoms. The van der Waals surface area contributed by atoms with Crippen molar-refractivity contribution in [3.63, 3.8) is 0 Å². The maximum atomic E-state index is 11.9. The lowest BCUT2D eigenvalue weighted by molar-refractivity contribution is -0.113. The molecule has 0 radical (unpaired) electrons. The topological polar surface area (TPSA) is 92.8 Å². The van der Waals surface area contributed by atoms with Gasteiger partial charge in [0.05, 0.1) is 28.4 Å². The molecule has 0 saturated heterocycles. The summed E-state index contributed by atoms with van der Waals surface area (Å²) < 4.78 is 5.92. The van der Waals surface area contributed by atoms with Crippen molar-refractivity contribution in [2.75, 3.05) is 18.2 Å². The molecule has 1 amide bonds. The molecule has 0 atom stereocenters. The molecule has 3 aromatic rings. The number of halogens is 1. The van der Waals surface area contributed by atoms with E-state index in [2.05, 4.69) is 41.2 Å². The number of nitrogens with one attached hydrogen (secondary N) is 2. The minimum atomic E-state index is -0.199. The van der Waals surface area contributed by atoms with Crippen molar-refractivity contribution in [3.8, 4) is 5.75 Å². The largest absolute Gasteiger partial charge is 0.497 e. The van der Waals surface area contributed by atoms with Crippen molar-refractivity contribution in [2.45, 2.75) is 5.16 Å². The summed E-state index contributed by atoms with van der Waals surface area (Å²) in [6.45, 7) is 0. The van der Waals surface area contributed by atoms with Crippen molar-refractivity contribution in [1.29, 1.82) is 0 Å². The molecule has 118 valence electrons. The van der Waals surface area contributed by atoms with E-state index in [1.54, 1.807) is 19.5 Å². The zero-order valence-corrected chi connectivity index (χ0v) is 14.4. The Morgan fingerprint density at radius 1 is 1.39 bits per heavy atom. The Hall–Kier alpha value is -2.13. The fourth-order valence-corrected chi connectivity index (χ4v) is 2.72. The molecular weight excluding hydrogens is 382 g/mol. The van der Waals surface area contributed by atoms with Crippen LogP contribution in [0.4, 0.5) is 5.95 Å². The second-order valence-corrected chi connectivity index (χ2v) is 6.37. The number of rotatable bonds is 5. The second-order valence-electron chi connectivity index (χ2n) is 4.49. The van der Waals surface area contributed by atoms with E-state index in [1.807, 2.05) is 18.2 Å². The number of benzene rings is 1. The van der Waals surface area contributed by atoms with Gasteiger partial charge in [-0.15, -0.1) is 0 Å². The van der Waals surface area contributed by atoms with Crippen molar-refractivity contribution in [1.82, 2.24) is 19.9 Å². The molecule has 2 aromatic heterocycles. The van der Waals surface area contributed by atoms with Crippen LogP contribution in [-0.4, -0.2) is 38.7 Å². The van der Waals surface area contributed by atoms with Gasteiger partial charge in [0, 0.05) is 18.5 Å². The lowest BCUT2D eigenvalue weighted by atomic mass is 10.3. The molecule has 2 heterocycles. The van der Waals surface area contributed by atoms with Crippen LogP contribution in [0.15, 0.2) is 40.2 Å². The number of aromatic nitrogens is 4. The highest BCUT2D eigenvalue weighted by Gasteiger charge is 2.09. The maximum Gasteiger partial charge on any atom is 0.237 e. The molecule has 0 aliphatic heterocycles. The van der Waals surface area contributed by atoms with Crippen molar-refractivity contribution >= 4 is 50.6 Å². The van der Waals surface area contributed by atoms with Gasteiger partial charge >= 0.3 is 0 Å². The number of hydrogen-bond donors (Lipinski definition) is 2. The van der Waals surface area contributed by atoms with E-state index in [0.29, 0.717) is 5.16 Å². The van der Waals surface area contributed by atoms with Gasteiger partial charge in [0.2, 0.25) is 11.9 Å². The third-order valence-electron chi connectivity index (χ3n) is 2.88. The number of methoxy groups -OCH3 is 1. The van der Waals surface area contributed by atoms with Gasteiger partial charge in [0.1, 0.15) is 5.75 Å². The van der Waals surface area contributed by atoms with Crippen molar-refractivity contribution in [3.05, 3.63) is 35.1 Å². The summed E-state index contributed by atoms with van der Waals surface area (Å²) in [6.07, 6.45) is 3.14. The number of thioether (sulfide) groups is 1. The summed E-state index contributed by atoms with van der Waals surface area (Å²) in [4.78, 5) is 27.4. The van der Waals surface area contributed by atoms with Gasteiger partial charge in [0.25, 0.3) is 0 Å². The summed E-state index contributed by atoms with van der Waals surface area (Å²) in [7, 11) is 1.61. The highest BCUT2D eigenvalue weighted by molar-refractivity contribution is 9.10. The fourth-order valence-electron chi connectivity index (χ4n) is 1.83. The average molecular weight is 394 g/mol. The average Bonchev–Trinajstić information content (AvgIpc) is 2.97. The monoisotopic (exact) mass is 393 g/mol. The van der Waals surface area contributed by atoms with Crippen LogP contribution in [-0.2, 0) is 4.79 Å². The van der Waals surface area contributed by atoms with Gasteiger partial charge in [-0.25, -0.2) is 15.0 Å². The van der Waals surface area contributed by atoms with E-state index in [0.717, 1.165) is 21.3 Å². The van der Waals surface area contributed by atoms with Crippen LogP contribution < -0.4 is 10.1 Å². The molecule has 7 nitrogen and oxygen atoms in total. The number of aromatic amines is 1. The van der Waals surface area contributed by atoms with Crippen LogP contribution in [0.3, 0.4) is 0 Å². The SMILES string of the molecule is COc1ccc2nc(SCC(=O)Nc3ncc(Br)cn3)[nH]c2c1. The Balaban J connectivity index is 1.61. The minimum Gasteiger partial charge on any atom is -0.497 e. The first-order chi connectivity index (χ1) is 11.1. The van der Waals surface area contributed by atoms with E-state index >= 15 is 0 Å². The summed E-state index contributed by atoms with van der Waals surface area (Å²) in [5.41, 5.74) is 1.69. The van der Waals surface area contributed by atoms with Crippen molar-refractivity contribution in [2.24, 2.45) is 0 Å². The number of amides is 1. The number of hydrogen-bond acceptors (Lipinski definition) is 6. The Morgan fingerprint density at radius 3 is 2.91 bits per heavy atom. The fraction of sp³-hybridized carbons (Fsp3) is 0.143. The summed E-state index contributed by atoms with van der Waals surface area (Å²) in [5, 5.41) is 3.29. The molecule has 3 rings (SSSR count). The molecule has 0 bridgehead atoms. The van der Waals surface area contributed by atoms with Crippen LogP contribution in [0.5, 0.6) is 5.75 Å². The third-order valence-corrected chi connectivity index (χ3v) is 4.16. The zero-order valence-electron chi connectivity index (χ0n) is 12.0. The molecule has 9 heteroatoms. The number of fused-ring (bicyclic) bond motifs is 1. The molecule has 1 aromatic carbocycles. The number of ether oxygens (including phenoxy) is 1.